The Hall–Kier alpha value is -0.710. The molecule has 0 radical (unpaired) electrons. The van der Waals surface area contributed by atoms with Crippen LogP contribution in [-0.4, -0.2) is 11.7 Å². The molecule has 0 saturated carbocycles. The van der Waals surface area contributed by atoms with E-state index in [1.807, 2.05) is 6.07 Å². The Bertz CT molecular complexity index is 542. The van der Waals surface area contributed by atoms with Gasteiger partial charge in [-0.05, 0) is 36.8 Å². The molecule has 1 aromatic carbocycles. The molecule has 0 bridgehead atoms. The molecule has 0 aliphatic carbocycles. The van der Waals surface area contributed by atoms with Crippen LogP contribution in [0.4, 0.5) is 0 Å². The number of furan rings is 1. The molecule has 3 nitrogen and oxygen atoms in total. The Labute approximate surface area is 127 Å². The van der Waals surface area contributed by atoms with E-state index in [1.165, 1.54) is 0 Å². The van der Waals surface area contributed by atoms with Crippen molar-refractivity contribution >= 4 is 35.6 Å². The number of benzene rings is 1. The third-order valence-electron chi connectivity index (χ3n) is 2.63. The summed E-state index contributed by atoms with van der Waals surface area (Å²) in [5.41, 5.74) is 6.62. The molecule has 1 atom stereocenters. The first-order chi connectivity index (χ1) is 8.61. The van der Waals surface area contributed by atoms with Crippen molar-refractivity contribution < 1.29 is 9.52 Å². The molecule has 6 heteroatoms. The smallest absolute Gasteiger partial charge is 0.135 e. The monoisotopic (exact) mass is 321 g/mol. The largest absolute Gasteiger partial charge is 0.459 e. The maximum Gasteiger partial charge on any atom is 0.135 e. The highest BCUT2D eigenvalue weighted by Crippen LogP contribution is 2.32. The van der Waals surface area contributed by atoms with Gasteiger partial charge in [-0.3, -0.25) is 0 Å². The fraction of sp³-hybridized carbons (Fsp3) is 0.231. The van der Waals surface area contributed by atoms with Gasteiger partial charge >= 0.3 is 0 Å². The molecule has 0 aliphatic rings. The maximum absolute atomic E-state index is 8.84. The molecule has 0 fully saturated rings. The maximum atomic E-state index is 8.84. The minimum absolute atomic E-state index is 0. The summed E-state index contributed by atoms with van der Waals surface area (Å²) in [5.74, 6) is 1.27. The Balaban J connectivity index is 0.00000180. The van der Waals surface area contributed by atoms with Crippen LogP contribution in [0.1, 0.15) is 18.2 Å². The molecule has 2 aromatic rings. The van der Waals surface area contributed by atoms with Gasteiger partial charge in [0.15, 0.2) is 0 Å². The highest BCUT2D eigenvalue weighted by atomic mass is 35.5. The Morgan fingerprint density at radius 2 is 1.95 bits per heavy atom. The van der Waals surface area contributed by atoms with Crippen LogP contribution in [0.5, 0.6) is 0 Å². The summed E-state index contributed by atoms with van der Waals surface area (Å²) in [7, 11) is 0. The first-order valence-electron chi connectivity index (χ1n) is 5.53. The number of halogens is 3. The predicted molar refractivity (Wildman–Crippen MR) is 80.0 cm³/mol. The first-order valence-corrected chi connectivity index (χ1v) is 6.29. The zero-order valence-corrected chi connectivity index (χ0v) is 12.3. The second-order valence-corrected chi connectivity index (χ2v) is 4.79. The Kier molecular flexibility index (Phi) is 6.17. The van der Waals surface area contributed by atoms with Gasteiger partial charge in [0.2, 0.25) is 0 Å². The lowest BCUT2D eigenvalue weighted by molar-refractivity contribution is 0.269. The van der Waals surface area contributed by atoms with Gasteiger partial charge in [-0.25, -0.2) is 0 Å². The van der Waals surface area contributed by atoms with Crippen molar-refractivity contribution in [2.24, 2.45) is 5.73 Å². The van der Waals surface area contributed by atoms with Crippen molar-refractivity contribution in [3.8, 4) is 11.3 Å². The molecule has 2 rings (SSSR count). The van der Waals surface area contributed by atoms with Gasteiger partial charge in [-0.2, -0.15) is 0 Å². The summed E-state index contributed by atoms with van der Waals surface area (Å²) >= 11 is 11.9. The van der Waals surface area contributed by atoms with Crippen molar-refractivity contribution in [1.82, 2.24) is 0 Å². The molecule has 1 aromatic heterocycles. The minimum atomic E-state index is -0.310. The summed E-state index contributed by atoms with van der Waals surface area (Å²) in [6.45, 7) is 0.0267. The molecule has 0 amide bonds. The number of nitrogens with two attached hydrogens (primary N) is 1. The van der Waals surface area contributed by atoms with Gasteiger partial charge in [0.1, 0.15) is 11.5 Å². The van der Waals surface area contributed by atoms with Crippen LogP contribution in [0.3, 0.4) is 0 Å². The van der Waals surface area contributed by atoms with E-state index in [9.17, 15) is 0 Å². The molecule has 19 heavy (non-hydrogen) atoms. The van der Waals surface area contributed by atoms with Crippen molar-refractivity contribution in [2.45, 2.75) is 12.5 Å². The quantitative estimate of drug-likeness (QED) is 0.892. The average Bonchev–Trinajstić information content (AvgIpc) is 2.78. The predicted octanol–water partition coefficient (Wildman–Crippen LogP) is 4.06. The molecule has 104 valence electrons. The van der Waals surface area contributed by atoms with Crippen LogP contribution in [-0.2, 0) is 0 Å². The van der Waals surface area contributed by atoms with Crippen LogP contribution in [0.25, 0.3) is 11.3 Å². The molecular weight excluding hydrogens is 309 g/mol. The highest BCUT2D eigenvalue weighted by molar-refractivity contribution is 6.36. The van der Waals surface area contributed by atoms with E-state index < -0.39 is 0 Å². The van der Waals surface area contributed by atoms with E-state index in [2.05, 4.69) is 0 Å². The number of rotatable bonds is 4. The van der Waals surface area contributed by atoms with E-state index in [0.29, 0.717) is 28.0 Å². The van der Waals surface area contributed by atoms with Crippen molar-refractivity contribution in [1.29, 1.82) is 0 Å². The van der Waals surface area contributed by atoms with Crippen molar-refractivity contribution in [2.75, 3.05) is 6.61 Å². The van der Waals surface area contributed by atoms with Gasteiger partial charge in [0, 0.05) is 17.2 Å². The molecule has 1 unspecified atom stereocenters. The average molecular weight is 323 g/mol. The zero-order valence-electron chi connectivity index (χ0n) is 9.98. The molecular formula is C13H14Cl3NO2. The van der Waals surface area contributed by atoms with E-state index in [4.69, 9.17) is 38.5 Å². The Morgan fingerprint density at radius 3 is 2.58 bits per heavy atom. The standard InChI is InChI=1S/C13H13Cl2NO2.ClH/c14-8-1-2-9(10(15)7-8)12-3-4-13(18-12)11(16)5-6-17;/h1-4,7,11,17H,5-6,16H2;1H. The molecule has 0 aliphatic heterocycles. The second kappa shape index (κ2) is 7.17. The SMILES string of the molecule is Cl.NC(CCO)c1ccc(-c2ccc(Cl)cc2Cl)o1. The fourth-order valence-corrected chi connectivity index (χ4v) is 2.17. The summed E-state index contributed by atoms with van der Waals surface area (Å²) in [6.07, 6.45) is 0.460. The lowest BCUT2D eigenvalue weighted by Gasteiger charge is -2.06. The topological polar surface area (TPSA) is 59.4 Å². The van der Waals surface area contributed by atoms with Gasteiger partial charge in [0.05, 0.1) is 11.1 Å². The van der Waals surface area contributed by atoms with Crippen molar-refractivity contribution in [3.63, 3.8) is 0 Å². The van der Waals surface area contributed by atoms with Gasteiger partial charge in [0.25, 0.3) is 0 Å². The van der Waals surface area contributed by atoms with Gasteiger partial charge < -0.3 is 15.3 Å². The van der Waals surface area contributed by atoms with Crippen LogP contribution >= 0.6 is 35.6 Å². The summed E-state index contributed by atoms with van der Waals surface area (Å²) < 4.78 is 5.64. The lowest BCUT2D eigenvalue weighted by atomic mass is 10.1. The lowest BCUT2D eigenvalue weighted by Crippen LogP contribution is -2.10. The third kappa shape index (κ3) is 3.88. The Morgan fingerprint density at radius 1 is 1.21 bits per heavy atom. The van der Waals surface area contributed by atoms with E-state index in [0.717, 1.165) is 5.56 Å². The van der Waals surface area contributed by atoms with Crippen molar-refractivity contribution in [3.05, 3.63) is 46.1 Å². The van der Waals surface area contributed by atoms with Crippen LogP contribution < -0.4 is 5.73 Å². The normalized spacial score (nSPS) is 12.0. The summed E-state index contributed by atoms with van der Waals surface area (Å²) in [4.78, 5) is 0. The molecule has 0 spiro atoms. The number of hydrogen-bond acceptors (Lipinski definition) is 3. The highest BCUT2D eigenvalue weighted by Gasteiger charge is 2.13. The fourth-order valence-electron chi connectivity index (χ4n) is 1.67. The van der Waals surface area contributed by atoms with E-state index in [-0.39, 0.29) is 25.1 Å². The number of aliphatic hydroxyl groups excluding tert-OH is 1. The number of aliphatic hydroxyl groups is 1. The zero-order chi connectivity index (χ0) is 13.1. The minimum Gasteiger partial charge on any atom is -0.459 e. The van der Waals surface area contributed by atoms with E-state index >= 15 is 0 Å². The van der Waals surface area contributed by atoms with E-state index in [1.54, 1.807) is 24.3 Å². The van der Waals surface area contributed by atoms with Gasteiger partial charge in [-0.1, -0.05) is 23.2 Å². The second-order valence-electron chi connectivity index (χ2n) is 3.94. The summed E-state index contributed by atoms with van der Waals surface area (Å²) in [6, 6.07) is 8.50. The third-order valence-corrected chi connectivity index (χ3v) is 3.18. The van der Waals surface area contributed by atoms with Crippen LogP contribution in [0, 0.1) is 0 Å². The molecule has 0 saturated heterocycles. The molecule has 1 heterocycles. The van der Waals surface area contributed by atoms with Gasteiger partial charge in [-0.15, -0.1) is 12.4 Å². The summed E-state index contributed by atoms with van der Waals surface area (Å²) in [5, 5.41) is 9.94. The van der Waals surface area contributed by atoms with Crippen LogP contribution in [0.2, 0.25) is 10.0 Å². The molecule has 3 N–H and O–H groups in total. The number of hydrogen-bond donors (Lipinski definition) is 2. The first kappa shape index (κ1) is 16.3. The van der Waals surface area contributed by atoms with Crippen LogP contribution in [0.15, 0.2) is 34.7 Å².